The highest BCUT2D eigenvalue weighted by Crippen LogP contribution is 2.35. The van der Waals surface area contributed by atoms with Gasteiger partial charge >= 0.3 is 5.69 Å². The molecule has 0 unspecified atom stereocenters. The number of nitrogens with zero attached hydrogens (tertiary/aromatic N) is 1. The maximum absolute atomic E-state index is 11.2. The van der Waals surface area contributed by atoms with E-state index in [0.717, 1.165) is 10.0 Å². The molecular formula is C16H16BrNO6. The van der Waals surface area contributed by atoms with Crippen LogP contribution in [0.4, 0.5) is 5.69 Å². The zero-order valence-corrected chi connectivity index (χ0v) is 15.0. The lowest BCUT2D eigenvalue weighted by Gasteiger charge is -2.13. The molecule has 8 heteroatoms. The summed E-state index contributed by atoms with van der Waals surface area (Å²) >= 11 is 3.43. The second-order valence-electron chi connectivity index (χ2n) is 4.68. The number of nitro groups is 1. The van der Waals surface area contributed by atoms with E-state index in [9.17, 15) is 10.1 Å². The van der Waals surface area contributed by atoms with Crippen LogP contribution in [-0.2, 0) is 6.61 Å². The van der Waals surface area contributed by atoms with Gasteiger partial charge in [-0.3, -0.25) is 10.1 Å². The maximum atomic E-state index is 11.2. The Labute approximate surface area is 147 Å². The van der Waals surface area contributed by atoms with Gasteiger partial charge < -0.3 is 18.9 Å². The van der Waals surface area contributed by atoms with E-state index in [1.807, 2.05) is 0 Å². The molecule has 0 aliphatic rings. The van der Waals surface area contributed by atoms with Gasteiger partial charge in [-0.25, -0.2) is 0 Å². The Bertz CT molecular complexity index is 750. The Balaban J connectivity index is 2.26. The molecule has 128 valence electrons. The lowest BCUT2D eigenvalue weighted by molar-refractivity contribution is -0.386. The summed E-state index contributed by atoms with van der Waals surface area (Å²) in [5.41, 5.74) is 0.601. The molecule has 24 heavy (non-hydrogen) atoms. The van der Waals surface area contributed by atoms with Gasteiger partial charge in [0.25, 0.3) is 0 Å². The molecule has 0 N–H and O–H groups in total. The molecule has 0 heterocycles. The summed E-state index contributed by atoms with van der Waals surface area (Å²) in [4.78, 5) is 10.7. The summed E-state index contributed by atoms with van der Waals surface area (Å²) in [6.45, 7) is 0.119. The average Bonchev–Trinajstić information content (AvgIpc) is 2.60. The van der Waals surface area contributed by atoms with Gasteiger partial charge in [0.05, 0.1) is 32.3 Å². The number of ether oxygens (including phenoxy) is 4. The van der Waals surface area contributed by atoms with E-state index in [-0.39, 0.29) is 18.0 Å². The maximum Gasteiger partial charge on any atom is 0.314 e. The van der Waals surface area contributed by atoms with Gasteiger partial charge in [0.2, 0.25) is 0 Å². The number of hydrogen-bond acceptors (Lipinski definition) is 6. The van der Waals surface area contributed by atoms with Crippen molar-refractivity contribution in [3.63, 3.8) is 0 Å². The van der Waals surface area contributed by atoms with Gasteiger partial charge in [-0.15, -0.1) is 0 Å². The van der Waals surface area contributed by atoms with E-state index in [4.69, 9.17) is 18.9 Å². The standard InChI is InChI=1S/C16H16BrNO6/c1-21-11-4-5-14(13(7-11)18(19)20)24-9-10-6-15(22-2)16(23-3)8-12(10)17/h4-8H,9H2,1-3H3. The highest BCUT2D eigenvalue weighted by molar-refractivity contribution is 9.10. The largest absolute Gasteiger partial charge is 0.496 e. The first kappa shape index (κ1) is 17.9. The van der Waals surface area contributed by atoms with Crippen molar-refractivity contribution in [2.75, 3.05) is 21.3 Å². The van der Waals surface area contributed by atoms with Crippen LogP contribution in [0.2, 0.25) is 0 Å². The van der Waals surface area contributed by atoms with Gasteiger partial charge in [0.15, 0.2) is 17.2 Å². The molecule has 0 radical (unpaired) electrons. The lowest BCUT2D eigenvalue weighted by Crippen LogP contribution is -2.01. The first-order valence-electron chi connectivity index (χ1n) is 6.85. The van der Waals surface area contributed by atoms with E-state index in [0.29, 0.717) is 17.2 Å². The quantitative estimate of drug-likeness (QED) is 0.519. The molecule has 0 spiro atoms. The van der Waals surface area contributed by atoms with Crippen LogP contribution in [0.25, 0.3) is 0 Å². The van der Waals surface area contributed by atoms with Crippen molar-refractivity contribution >= 4 is 21.6 Å². The molecule has 0 saturated heterocycles. The third-order valence-corrected chi connectivity index (χ3v) is 4.04. The average molecular weight is 398 g/mol. The molecule has 2 aromatic carbocycles. The van der Waals surface area contributed by atoms with Crippen LogP contribution in [-0.4, -0.2) is 26.3 Å². The predicted molar refractivity (Wildman–Crippen MR) is 91.2 cm³/mol. The van der Waals surface area contributed by atoms with Crippen LogP contribution >= 0.6 is 15.9 Å². The first-order chi connectivity index (χ1) is 11.5. The fraction of sp³-hybridized carbons (Fsp3) is 0.250. The highest BCUT2D eigenvalue weighted by Gasteiger charge is 2.18. The van der Waals surface area contributed by atoms with Gasteiger partial charge in [-0.2, -0.15) is 0 Å². The van der Waals surface area contributed by atoms with E-state index in [2.05, 4.69) is 15.9 Å². The fourth-order valence-electron chi connectivity index (χ4n) is 2.05. The van der Waals surface area contributed by atoms with Gasteiger partial charge in [0.1, 0.15) is 12.4 Å². The number of hydrogen-bond donors (Lipinski definition) is 0. The molecule has 0 aliphatic heterocycles. The topological polar surface area (TPSA) is 80.1 Å². The molecule has 7 nitrogen and oxygen atoms in total. The smallest absolute Gasteiger partial charge is 0.314 e. The van der Waals surface area contributed by atoms with Crippen molar-refractivity contribution in [3.05, 3.63) is 50.5 Å². The molecule has 0 aliphatic carbocycles. The lowest BCUT2D eigenvalue weighted by atomic mass is 10.2. The minimum Gasteiger partial charge on any atom is -0.496 e. The number of rotatable bonds is 7. The molecule has 2 rings (SSSR count). The van der Waals surface area contributed by atoms with Gasteiger partial charge in [0, 0.05) is 10.0 Å². The van der Waals surface area contributed by atoms with Crippen molar-refractivity contribution < 1.29 is 23.9 Å². The Morgan fingerprint density at radius 1 is 1.00 bits per heavy atom. The molecule has 0 fully saturated rings. The summed E-state index contributed by atoms with van der Waals surface area (Å²) < 4.78 is 21.8. The van der Waals surface area contributed by atoms with Crippen LogP contribution in [0.3, 0.4) is 0 Å². The fourth-order valence-corrected chi connectivity index (χ4v) is 2.49. The summed E-state index contributed by atoms with van der Waals surface area (Å²) in [6, 6.07) is 7.93. The molecule has 0 aromatic heterocycles. The summed E-state index contributed by atoms with van der Waals surface area (Å²) in [7, 11) is 4.52. The molecular weight excluding hydrogens is 382 g/mol. The van der Waals surface area contributed by atoms with Crippen LogP contribution in [0.15, 0.2) is 34.8 Å². The minimum absolute atomic E-state index is 0.119. The summed E-state index contributed by atoms with van der Waals surface area (Å²) in [6.07, 6.45) is 0. The predicted octanol–water partition coefficient (Wildman–Crippen LogP) is 3.96. The molecule has 2 aromatic rings. The second kappa shape index (κ2) is 7.87. The third kappa shape index (κ3) is 3.88. The number of benzene rings is 2. The minimum atomic E-state index is -0.512. The van der Waals surface area contributed by atoms with E-state index >= 15 is 0 Å². The Morgan fingerprint density at radius 2 is 1.67 bits per heavy atom. The highest BCUT2D eigenvalue weighted by atomic mass is 79.9. The van der Waals surface area contributed by atoms with Crippen LogP contribution in [0.1, 0.15) is 5.56 Å². The Hall–Kier alpha value is -2.48. The number of halogens is 1. The first-order valence-corrected chi connectivity index (χ1v) is 7.65. The SMILES string of the molecule is COc1ccc(OCc2cc(OC)c(OC)cc2Br)c([N+](=O)[O-])c1. The van der Waals surface area contributed by atoms with Crippen LogP contribution < -0.4 is 18.9 Å². The zero-order valence-electron chi connectivity index (χ0n) is 13.4. The van der Waals surface area contributed by atoms with Gasteiger partial charge in [-0.05, 0) is 24.3 Å². The van der Waals surface area contributed by atoms with E-state index in [1.54, 1.807) is 25.3 Å². The van der Waals surface area contributed by atoms with Crippen molar-refractivity contribution in [2.45, 2.75) is 6.61 Å². The van der Waals surface area contributed by atoms with Crippen molar-refractivity contribution in [3.8, 4) is 23.0 Å². The van der Waals surface area contributed by atoms with Gasteiger partial charge in [-0.1, -0.05) is 15.9 Å². The monoisotopic (exact) mass is 397 g/mol. The van der Waals surface area contributed by atoms with E-state index < -0.39 is 4.92 Å². The van der Waals surface area contributed by atoms with Crippen LogP contribution in [0.5, 0.6) is 23.0 Å². The molecule has 0 atom stereocenters. The normalized spacial score (nSPS) is 10.2. The van der Waals surface area contributed by atoms with Crippen LogP contribution in [0, 0.1) is 10.1 Å². The second-order valence-corrected chi connectivity index (χ2v) is 5.53. The van der Waals surface area contributed by atoms with E-state index in [1.165, 1.54) is 26.4 Å². The Morgan fingerprint density at radius 3 is 2.25 bits per heavy atom. The van der Waals surface area contributed by atoms with Crippen molar-refractivity contribution in [2.24, 2.45) is 0 Å². The van der Waals surface area contributed by atoms with Crippen molar-refractivity contribution in [1.82, 2.24) is 0 Å². The number of nitro benzene ring substituents is 1. The summed E-state index contributed by atoms with van der Waals surface area (Å²) in [5.74, 6) is 1.66. The summed E-state index contributed by atoms with van der Waals surface area (Å²) in [5, 5.41) is 11.2. The zero-order chi connectivity index (χ0) is 17.7. The van der Waals surface area contributed by atoms with Crippen molar-refractivity contribution in [1.29, 1.82) is 0 Å². The molecule has 0 amide bonds. The molecule has 0 bridgehead atoms. The molecule has 0 saturated carbocycles. The number of methoxy groups -OCH3 is 3. The third-order valence-electron chi connectivity index (χ3n) is 3.30. The Kier molecular flexibility index (Phi) is 5.86.